The average molecular weight is 237 g/mol. The molecule has 1 aliphatic rings. The predicted octanol–water partition coefficient (Wildman–Crippen LogP) is 1.74. The molecule has 1 aliphatic heterocycles. The fraction of sp³-hybridized carbons (Fsp3) is 0.583. The van der Waals surface area contributed by atoms with Gasteiger partial charge in [-0.1, -0.05) is 0 Å². The van der Waals surface area contributed by atoms with Crippen LogP contribution in [0.15, 0.2) is 24.5 Å². The molecule has 0 aromatic carbocycles. The van der Waals surface area contributed by atoms with E-state index in [1.165, 1.54) is 18.5 Å². The van der Waals surface area contributed by atoms with Gasteiger partial charge < -0.3 is 10.6 Å². The molecule has 16 heavy (non-hydrogen) atoms. The summed E-state index contributed by atoms with van der Waals surface area (Å²) in [5.41, 5.74) is 7.16. The number of rotatable bonds is 3. The van der Waals surface area contributed by atoms with Gasteiger partial charge in [0, 0.05) is 42.5 Å². The van der Waals surface area contributed by atoms with E-state index in [9.17, 15) is 0 Å². The van der Waals surface area contributed by atoms with Crippen LogP contribution in [0.3, 0.4) is 0 Å². The molecule has 3 nitrogen and oxygen atoms in total. The minimum absolute atomic E-state index is 0.309. The first-order valence-electron chi connectivity index (χ1n) is 5.70. The zero-order chi connectivity index (χ0) is 11.4. The van der Waals surface area contributed by atoms with Gasteiger partial charge in [-0.2, -0.15) is 11.8 Å². The predicted molar refractivity (Wildman–Crippen MR) is 71.0 cm³/mol. The highest BCUT2D eigenvalue weighted by Crippen LogP contribution is 2.34. The van der Waals surface area contributed by atoms with Gasteiger partial charge in [0.2, 0.25) is 0 Å². The molecule has 0 bridgehead atoms. The summed E-state index contributed by atoms with van der Waals surface area (Å²) in [6, 6.07) is 4.16. The number of nitrogens with zero attached hydrogens (tertiary/aromatic N) is 2. The minimum atomic E-state index is 0.309. The van der Waals surface area contributed by atoms with Gasteiger partial charge in [0.1, 0.15) is 0 Å². The monoisotopic (exact) mass is 237 g/mol. The molecule has 1 saturated heterocycles. The zero-order valence-electron chi connectivity index (χ0n) is 9.72. The summed E-state index contributed by atoms with van der Waals surface area (Å²) in [6.45, 7) is 2.99. The quantitative estimate of drug-likeness (QED) is 0.869. The molecule has 0 aliphatic carbocycles. The van der Waals surface area contributed by atoms with E-state index < -0.39 is 0 Å². The van der Waals surface area contributed by atoms with E-state index in [2.05, 4.69) is 28.3 Å². The number of piperidine rings is 1. The van der Waals surface area contributed by atoms with Crippen LogP contribution >= 0.6 is 11.8 Å². The largest absolute Gasteiger partial charge is 0.371 e. The third-order valence-corrected chi connectivity index (χ3v) is 4.95. The molecule has 88 valence electrons. The third kappa shape index (κ3) is 2.33. The molecule has 0 spiro atoms. The van der Waals surface area contributed by atoms with Crippen molar-refractivity contribution < 1.29 is 0 Å². The molecule has 0 unspecified atom stereocenters. The molecule has 0 amide bonds. The molecule has 0 saturated carbocycles. The van der Waals surface area contributed by atoms with Crippen LogP contribution in [0.4, 0.5) is 5.69 Å². The summed E-state index contributed by atoms with van der Waals surface area (Å²) in [5.74, 6) is 0. The fourth-order valence-electron chi connectivity index (χ4n) is 2.22. The first-order chi connectivity index (χ1) is 7.79. The molecule has 2 rings (SSSR count). The molecular weight excluding hydrogens is 218 g/mol. The Morgan fingerprint density at radius 1 is 1.38 bits per heavy atom. The van der Waals surface area contributed by atoms with Crippen molar-refractivity contribution in [2.45, 2.75) is 17.6 Å². The highest BCUT2D eigenvalue weighted by molar-refractivity contribution is 8.00. The lowest BCUT2D eigenvalue weighted by atomic mass is 9.95. The van der Waals surface area contributed by atoms with Crippen LogP contribution in [0.1, 0.15) is 12.8 Å². The molecule has 1 aromatic rings. The van der Waals surface area contributed by atoms with E-state index in [1.54, 1.807) is 0 Å². The molecule has 4 heteroatoms. The van der Waals surface area contributed by atoms with E-state index in [0.29, 0.717) is 4.75 Å². The van der Waals surface area contributed by atoms with Gasteiger partial charge in [-0.25, -0.2) is 0 Å². The smallest absolute Gasteiger partial charge is 0.0397 e. The summed E-state index contributed by atoms with van der Waals surface area (Å²) in [4.78, 5) is 6.47. The van der Waals surface area contributed by atoms with Gasteiger partial charge in [0.05, 0.1) is 0 Å². The summed E-state index contributed by atoms with van der Waals surface area (Å²) in [6.07, 6.45) is 8.23. The van der Waals surface area contributed by atoms with Crippen LogP contribution in [0.5, 0.6) is 0 Å². The van der Waals surface area contributed by atoms with E-state index in [0.717, 1.165) is 19.6 Å². The Bertz CT molecular complexity index is 314. The van der Waals surface area contributed by atoms with Crippen molar-refractivity contribution in [1.82, 2.24) is 4.98 Å². The van der Waals surface area contributed by atoms with Crippen molar-refractivity contribution in [3.8, 4) is 0 Å². The maximum Gasteiger partial charge on any atom is 0.0397 e. The standard InChI is InChI=1S/C12H19N3S/c1-16-12(10-13)4-8-15(9-5-12)11-2-6-14-7-3-11/h2-3,6-7H,4-5,8-10,13H2,1H3. The van der Waals surface area contributed by atoms with Crippen LogP contribution in [0.2, 0.25) is 0 Å². The molecular formula is C12H19N3S. The van der Waals surface area contributed by atoms with E-state index >= 15 is 0 Å². The van der Waals surface area contributed by atoms with Gasteiger partial charge >= 0.3 is 0 Å². The molecule has 2 N–H and O–H groups in total. The summed E-state index contributed by atoms with van der Waals surface area (Å²) < 4.78 is 0.309. The van der Waals surface area contributed by atoms with Crippen LogP contribution in [0, 0.1) is 0 Å². The second-order valence-electron chi connectivity index (χ2n) is 4.28. The lowest BCUT2D eigenvalue weighted by Gasteiger charge is -2.41. The number of nitrogens with two attached hydrogens (primary N) is 1. The molecule has 2 heterocycles. The molecule has 1 fully saturated rings. The first kappa shape index (κ1) is 11.7. The zero-order valence-corrected chi connectivity index (χ0v) is 10.5. The van der Waals surface area contributed by atoms with Gasteiger partial charge in [-0.05, 0) is 31.2 Å². The number of thioether (sulfide) groups is 1. The van der Waals surface area contributed by atoms with E-state index in [4.69, 9.17) is 5.73 Å². The summed E-state index contributed by atoms with van der Waals surface area (Å²) in [5, 5.41) is 0. The molecule has 0 atom stereocenters. The van der Waals surface area contributed by atoms with Crippen molar-refractivity contribution in [3.05, 3.63) is 24.5 Å². The van der Waals surface area contributed by atoms with Gasteiger partial charge in [0.15, 0.2) is 0 Å². The molecule has 0 radical (unpaired) electrons. The summed E-state index contributed by atoms with van der Waals surface area (Å²) in [7, 11) is 0. The van der Waals surface area contributed by atoms with Crippen molar-refractivity contribution in [1.29, 1.82) is 0 Å². The number of anilines is 1. The van der Waals surface area contributed by atoms with Gasteiger partial charge in [-0.15, -0.1) is 0 Å². The lowest BCUT2D eigenvalue weighted by molar-refractivity contribution is 0.457. The van der Waals surface area contributed by atoms with Gasteiger partial charge in [0.25, 0.3) is 0 Å². The lowest BCUT2D eigenvalue weighted by Crippen LogP contribution is -2.46. The Balaban J connectivity index is 2.00. The Kier molecular flexibility index (Phi) is 3.71. The maximum absolute atomic E-state index is 5.88. The SMILES string of the molecule is CSC1(CN)CCN(c2ccncc2)CC1. The average Bonchev–Trinajstić information content (AvgIpc) is 2.40. The van der Waals surface area contributed by atoms with E-state index in [1.807, 2.05) is 24.2 Å². The highest BCUT2D eigenvalue weighted by Gasteiger charge is 2.32. The normalized spacial score (nSPS) is 19.8. The van der Waals surface area contributed by atoms with Crippen molar-refractivity contribution in [2.75, 3.05) is 30.8 Å². The third-order valence-electron chi connectivity index (χ3n) is 3.51. The topological polar surface area (TPSA) is 42.1 Å². The van der Waals surface area contributed by atoms with Crippen LogP contribution in [-0.2, 0) is 0 Å². The summed E-state index contributed by atoms with van der Waals surface area (Å²) >= 11 is 1.93. The first-order valence-corrected chi connectivity index (χ1v) is 6.92. The second-order valence-corrected chi connectivity index (χ2v) is 5.56. The van der Waals surface area contributed by atoms with Crippen molar-refractivity contribution >= 4 is 17.4 Å². The van der Waals surface area contributed by atoms with Crippen molar-refractivity contribution in [2.24, 2.45) is 5.73 Å². The number of hydrogen-bond donors (Lipinski definition) is 1. The second kappa shape index (κ2) is 5.06. The number of aromatic nitrogens is 1. The highest BCUT2D eigenvalue weighted by atomic mass is 32.2. The Labute approximate surface area is 101 Å². The van der Waals surface area contributed by atoms with Crippen LogP contribution in [-0.4, -0.2) is 35.6 Å². The van der Waals surface area contributed by atoms with Crippen LogP contribution in [0.25, 0.3) is 0 Å². The number of pyridine rings is 1. The van der Waals surface area contributed by atoms with Crippen LogP contribution < -0.4 is 10.6 Å². The van der Waals surface area contributed by atoms with Gasteiger partial charge in [-0.3, -0.25) is 4.98 Å². The Morgan fingerprint density at radius 2 is 2.00 bits per heavy atom. The number of hydrogen-bond acceptors (Lipinski definition) is 4. The molecule has 1 aromatic heterocycles. The Morgan fingerprint density at radius 3 is 2.50 bits per heavy atom. The fourth-order valence-corrected chi connectivity index (χ4v) is 2.98. The Hall–Kier alpha value is -0.740. The minimum Gasteiger partial charge on any atom is -0.371 e. The van der Waals surface area contributed by atoms with Crippen molar-refractivity contribution in [3.63, 3.8) is 0 Å². The van der Waals surface area contributed by atoms with E-state index in [-0.39, 0.29) is 0 Å². The maximum atomic E-state index is 5.88.